The maximum atomic E-state index is 12.6. The Balaban J connectivity index is 1.79. The molecule has 1 aliphatic rings. The van der Waals surface area contributed by atoms with Gasteiger partial charge in [0.2, 0.25) is 5.91 Å². The third kappa shape index (κ3) is 2.73. The third-order valence-electron chi connectivity index (χ3n) is 3.27. The van der Waals surface area contributed by atoms with Crippen LogP contribution in [0.15, 0.2) is 47.8 Å². The van der Waals surface area contributed by atoms with Gasteiger partial charge in [0.15, 0.2) is 0 Å². The molecule has 2 nitrogen and oxygen atoms in total. The molecule has 0 unspecified atom stereocenters. The summed E-state index contributed by atoms with van der Waals surface area (Å²) in [4.78, 5) is 15.8. The zero-order chi connectivity index (χ0) is 13.9. The minimum absolute atomic E-state index is 0.00117. The minimum atomic E-state index is -0.600. The van der Waals surface area contributed by atoms with Crippen LogP contribution >= 0.6 is 34.7 Å². The van der Waals surface area contributed by atoms with E-state index in [1.165, 1.54) is 4.88 Å². The molecular weight excluding hydrogens is 310 g/mol. The smallest absolute Gasteiger partial charge is 0.246 e. The summed E-state index contributed by atoms with van der Waals surface area (Å²) in [5.41, 5.74) is 0.862. The van der Waals surface area contributed by atoms with Gasteiger partial charge in [-0.1, -0.05) is 36.4 Å². The molecule has 2 heterocycles. The van der Waals surface area contributed by atoms with E-state index in [1.54, 1.807) is 23.1 Å². The maximum absolute atomic E-state index is 12.6. The summed E-state index contributed by atoms with van der Waals surface area (Å²) in [5.74, 6) is 0.966. The fraction of sp³-hybridized carbons (Fsp3) is 0.267. The van der Waals surface area contributed by atoms with Crippen LogP contribution in [0.1, 0.15) is 21.2 Å². The van der Waals surface area contributed by atoms with Crippen LogP contribution in [0.2, 0.25) is 0 Å². The van der Waals surface area contributed by atoms with Gasteiger partial charge < -0.3 is 4.90 Å². The Labute approximate surface area is 131 Å². The number of halogens is 1. The molecule has 0 aliphatic carbocycles. The molecule has 0 saturated carbocycles. The Morgan fingerprint density at radius 2 is 2.05 bits per heavy atom. The van der Waals surface area contributed by atoms with Crippen molar-refractivity contribution in [3.05, 3.63) is 58.3 Å². The largest absolute Gasteiger partial charge is 0.323 e. The van der Waals surface area contributed by atoms with Gasteiger partial charge in [0.05, 0.1) is 0 Å². The molecule has 0 spiro atoms. The lowest BCUT2D eigenvalue weighted by molar-refractivity contribution is -0.131. The summed E-state index contributed by atoms with van der Waals surface area (Å²) in [6.07, 6.45) is 0. The summed E-state index contributed by atoms with van der Waals surface area (Å²) < 4.78 is 0. The van der Waals surface area contributed by atoms with Crippen LogP contribution in [0, 0.1) is 0 Å². The first-order valence-corrected chi connectivity index (χ1v) is 8.78. The first kappa shape index (κ1) is 14.0. The number of nitrogens with zero attached hydrogens (tertiary/aromatic N) is 1. The summed E-state index contributed by atoms with van der Waals surface area (Å²) in [7, 11) is 0. The highest BCUT2D eigenvalue weighted by atomic mass is 35.5. The maximum Gasteiger partial charge on any atom is 0.246 e. The number of alkyl halides is 1. The highest BCUT2D eigenvalue weighted by Gasteiger charge is 2.34. The molecule has 1 aromatic heterocycles. The lowest BCUT2D eigenvalue weighted by Gasteiger charge is -2.25. The van der Waals surface area contributed by atoms with E-state index in [2.05, 4.69) is 6.07 Å². The lowest BCUT2D eigenvalue weighted by Crippen LogP contribution is -2.32. The van der Waals surface area contributed by atoms with E-state index in [1.807, 2.05) is 46.7 Å². The first-order chi connectivity index (χ1) is 9.77. The summed E-state index contributed by atoms with van der Waals surface area (Å²) >= 11 is 9.86. The zero-order valence-electron chi connectivity index (χ0n) is 10.7. The van der Waals surface area contributed by atoms with Crippen molar-refractivity contribution in [1.29, 1.82) is 0 Å². The topological polar surface area (TPSA) is 20.3 Å². The predicted octanol–water partition coefficient (Wildman–Crippen LogP) is 4.30. The van der Waals surface area contributed by atoms with Crippen LogP contribution in [0.4, 0.5) is 0 Å². The normalized spacial score (nSPS) is 20.1. The number of thiophene rings is 1. The van der Waals surface area contributed by atoms with Crippen molar-refractivity contribution in [2.45, 2.75) is 10.8 Å². The van der Waals surface area contributed by atoms with Gasteiger partial charge in [0.1, 0.15) is 10.8 Å². The Morgan fingerprint density at radius 1 is 1.25 bits per heavy atom. The number of carbonyl (C=O) groups excluding carboxylic acids is 1. The number of amides is 1. The molecule has 0 radical (unpaired) electrons. The Hall–Kier alpha value is -0.970. The van der Waals surface area contributed by atoms with Crippen LogP contribution in [-0.2, 0) is 4.79 Å². The molecule has 1 aliphatic heterocycles. The number of carbonyl (C=O) groups is 1. The van der Waals surface area contributed by atoms with E-state index < -0.39 is 5.38 Å². The molecule has 1 amide bonds. The molecule has 3 rings (SSSR count). The average Bonchev–Trinajstić information content (AvgIpc) is 3.16. The summed E-state index contributed by atoms with van der Waals surface area (Å²) in [6, 6.07) is 13.7. The van der Waals surface area contributed by atoms with Gasteiger partial charge in [-0.15, -0.1) is 34.7 Å². The Kier molecular flexibility index (Phi) is 4.34. The molecule has 20 heavy (non-hydrogen) atoms. The van der Waals surface area contributed by atoms with Crippen LogP contribution in [0.25, 0.3) is 0 Å². The Bertz CT molecular complexity index is 573. The van der Waals surface area contributed by atoms with Crippen molar-refractivity contribution in [3.8, 4) is 0 Å². The van der Waals surface area contributed by atoms with Crippen LogP contribution in [-0.4, -0.2) is 23.1 Å². The number of hydrogen-bond donors (Lipinski definition) is 0. The molecule has 2 aromatic rings. The standard InChI is InChI=1S/C15H14ClNOS2/c16-13(11-5-2-1-3-6-11)14(18)17-8-10-20-15(17)12-7-4-9-19-12/h1-7,9,13,15H,8,10H2/t13-,15+/m0/s1. The number of rotatable bonds is 3. The zero-order valence-corrected chi connectivity index (χ0v) is 13.1. The molecule has 1 fully saturated rings. The summed E-state index contributed by atoms with van der Waals surface area (Å²) in [5, 5.41) is 1.57. The number of benzene rings is 1. The summed E-state index contributed by atoms with van der Waals surface area (Å²) in [6.45, 7) is 0.766. The Morgan fingerprint density at radius 3 is 2.75 bits per heavy atom. The second-order valence-corrected chi connectivity index (χ2v) is 7.15. The molecular formula is C15H14ClNOS2. The van der Waals surface area contributed by atoms with Crippen molar-refractivity contribution in [1.82, 2.24) is 4.90 Å². The fourth-order valence-corrected chi connectivity index (χ4v) is 4.79. The van der Waals surface area contributed by atoms with Gasteiger partial charge >= 0.3 is 0 Å². The predicted molar refractivity (Wildman–Crippen MR) is 86.3 cm³/mol. The van der Waals surface area contributed by atoms with E-state index in [4.69, 9.17) is 11.6 Å². The van der Waals surface area contributed by atoms with Crippen molar-refractivity contribution >= 4 is 40.6 Å². The van der Waals surface area contributed by atoms with E-state index in [0.717, 1.165) is 17.9 Å². The number of hydrogen-bond acceptors (Lipinski definition) is 3. The molecule has 104 valence electrons. The van der Waals surface area contributed by atoms with Crippen molar-refractivity contribution in [2.75, 3.05) is 12.3 Å². The molecule has 0 bridgehead atoms. The van der Waals surface area contributed by atoms with Crippen molar-refractivity contribution < 1.29 is 4.79 Å². The van der Waals surface area contributed by atoms with E-state index in [0.29, 0.717) is 0 Å². The second-order valence-electron chi connectivity index (χ2n) is 4.54. The quantitative estimate of drug-likeness (QED) is 0.785. The van der Waals surface area contributed by atoms with Crippen molar-refractivity contribution in [2.24, 2.45) is 0 Å². The third-order valence-corrected chi connectivity index (χ3v) is 6.02. The minimum Gasteiger partial charge on any atom is -0.323 e. The fourth-order valence-electron chi connectivity index (χ4n) is 2.27. The second kappa shape index (κ2) is 6.20. The van der Waals surface area contributed by atoms with Crippen LogP contribution in [0.3, 0.4) is 0 Å². The van der Waals surface area contributed by atoms with Gasteiger partial charge in [0, 0.05) is 17.2 Å². The monoisotopic (exact) mass is 323 g/mol. The average molecular weight is 324 g/mol. The van der Waals surface area contributed by atoms with Crippen LogP contribution < -0.4 is 0 Å². The number of thioether (sulfide) groups is 1. The van der Waals surface area contributed by atoms with Gasteiger partial charge in [0.25, 0.3) is 0 Å². The molecule has 0 N–H and O–H groups in total. The SMILES string of the molecule is O=C([C@@H](Cl)c1ccccc1)N1CCS[C@@H]1c1cccs1. The molecule has 1 aromatic carbocycles. The highest BCUT2D eigenvalue weighted by molar-refractivity contribution is 7.99. The van der Waals surface area contributed by atoms with Crippen molar-refractivity contribution in [3.63, 3.8) is 0 Å². The van der Waals surface area contributed by atoms with Gasteiger partial charge in [-0.3, -0.25) is 4.79 Å². The van der Waals surface area contributed by atoms with E-state index in [9.17, 15) is 4.79 Å². The van der Waals surface area contributed by atoms with Gasteiger partial charge in [-0.25, -0.2) is 0 Å². The lowest BCUT2D eigenvalue weighted by atomic mass is 10.1. The van der Waals surface area contributed by atoms with E-state index in [-0.39, 0.29) is 11.3 Å². The van der Waals surface area contributed by atoms with E-state index >= 15 is 0 Å². The molecule has 5 heteroatoms. The van der Waals surface area contributed by atoms with Gasteiger partial charge in [-0.05, 0) is 17.0 Å². The molecule has 2 atom stereocenters. The van der Waals surface area contributed by atoms with Crippen LogP contribution in [0.5, 0.6) is 0 Å². The molecule has 1 saturated heterocycles. The highest BCUT2D eigenvalue weighted by Crippen LogP contribution is 2.41. The van der Waals surface area contributed by atoms with Gasteiger partial charge in [-0.2, -0.15) is 0 Å². The first-order valence-electron chi connectivity index (χ1n) is 6.42.